The summed E-state index contributed by atoms with van der Waals surface area (Å²) >= 11 is 5.94. The number of carbonyl (C=O) groups is 1. The Bertz CT molecular complexity index is 833. The molecule has 10 heteroatoms. The lowest BCUT2D eigenvalue weighted by molar-refractivity contribution is -0.359. The molecule has 3 rings (SSSR count). The van der Waals surface area contributed by atoms with Gasteiger partial charge in [0.25, 0.3) is 0 Å². The van der Waals surface area contributed by atoms with E-state index in [9.17, 15) is 18.0 Å². The minimum absolute atomic E-state index is 0.105. The number of fused-ring (bicyclic) bond motifs is 1. The number of nitrogens with zero attached hydrogens (tertiary/aromatic N) is 3. The molecule has 6 nitrogen and oxygen atoms in total. The van der Waals surface area contributed by atoms with Gasteiger partial charge in [-0.25, -0.2) is 9.97 Å². The molecular formula is C16H16ClF3N4O2. The maximum atomic E-state index is 12.5. The molecule has 1 aliphatic rings. The van der Waals surface area contributed by atoms with Crippen LogP contribution >= 0.6 is 11.6 Å². The second-order valence-electron chi connectivity index (χ2n) is 6.08. The molecule has 1 aromatic carbocycles. The molecule has 2 heterocycles. The summed E-state index contributed by atoms with van der Waals surface area (Å²) in [6, 6.07) is 3.75. The fourth-order valence-corrected chi connectivity index (χ4v) is 3.00. The van der Waals surface area contributed by atoms with Gasteiger partial charge in [0.05, 0.1) is 11.6 Å². The quantitative estimate of drug-likeness (QED) is 0.871. The summed E-state index contributed by atoms with van der Waals surface area (Å²) < 4.78 is 40.9. The predicted octanol–water partition coefficient (Wildman–Crippen LogP) is 3.22. The predicted molar refractivity (Wildman–Crippen MR) is 89.7 cm³/mol. The highest BCUT2D eigenvalue weighted by atomic mass is 35.5. The maximum Gasteiger partial charge on any atom is 0.522 e. The Hall–Kier alpha value is -2.13. The van der Waals surface area contributed by atoms with Crippen LogP contribution in [0.15, 0.2) is 24.5 Å². The lowest BCUT2D eigenvalue weighted by Gasteiger charge is -2.46. The number of alkyl halides is 3. The van der Waals surface area contributed by atoms with Crippen LogP contribution in [0.3, 0.4) is 0 Å². The van der Waals surface area contributed by atoms with E-state index < -0.39 is 24.6 Å². The van der Waals surface area contributed by atoms with Gasteiger partial charge >= 0.3 is 6.36 Å². The van der Waals surface area contributed by atoms with E-state index in [4.69, 9.17) is 11.6 Å². The van der Waals surface area contributed by atoms with Crippen molar-refractivity contribution in [1.29, 1.82) is 0 Å². The van der Waals surface area contributed by atoms with E-state index in [-0.39, 0.29) is 12.5 Å². The van der Waals surface area contributed by atoms with Crippen molar-refractivity contribution in [2.45, 2.75) is 38.4 Å². The molecule has 0 spiro atoms. The highest BCUT2D eigenvalue weighted by Gasteiger charge is 2.46. The minimum atomic E-state index is -4.71. The van der Waals surface area contributed by atoms with Crippen molar-refractivity contribution in [3.8, 4) is 0 Å². The van der Waals surface area contributed by atoms with Gasteiger partial charge in [-0.2, -0.15) is 0 Å². The zero-order chi connectivity index (χ0) is 19.1. The van der Waals surface area contributed by atoms with Gasteiger partial charge in [-0.05, 0) is 32.0 Å². The summed E-state index contributed by atoms with van der Waals surface area (Å²) in [6.45, 7) is 3.04. The SMILES string of the molecule is C[C@@H](Nc1ncnc2cc(Cl)ccc12)C(=O)N1C[C@H](OC(F)(F)F)[C@@H]1C. The monoisotopic (exact) mass is 388 g/mol. The topological polar surface area (TPSA) is 67.4 Å². The molecule has 0 bridgehead atoms. The van der Waals surface area contributed by atoms with E-state index in [1.165, 1.54) is 18.2 Å². The number of benzene rings is 1. The Morgan fingerprint density at radius 3 is 2.81 bits per heavy atom. The van der Waals surface area contributed by atoms with Crippen molar-refractivity contribution in [2.24, 2.45) is 0 Å². The summed E-state index contributed by atoms with van der Waals surface area (Å²) in [6.07, 6.45) is -4.41. The molecule has 2 aromatic rings. The van der Waals surface area contributed by atoms with Crippen LogP contribution in [0, 0.1) is 0 Å². The van der Waals surface area contributed by atoms with Crippen LogP contribution in [-0.4, -0.2) is 51.9 Å². The average molecular weight is 389 g/mol. The van der Waals surface area contributed by atoms with Gasteiger partial charge < -0.3 is 10.2 Å². The van der Waals surface area contributed by atoms with Crippen LogP contribution < -0.4 is 5.32 Å². The van der Waals surface area contributed by atoms with Gasteiger partial charge in [0.2, 0.25) is 5.91 Å². The lowest BCUT2D eigenvalue weighted by atomic mass is 9.99. The van der Waals surface area contributed by atoms with E-state index in [1.807, 2.05) is 0 Å². The van der Waals surface area contributed by atoms with Crippen molar-refractivity contribution >= 4 is 34.2 Å². The Labute approximate surface area is 152 Å². The number of anilines is 1. The van der Waals surface area contributed by atoms with Crippen LogP contribution in [0.25, 0.3) is 10.9 Å². The fourth-order valence-electron chi connectivity index (χ4n) is 2.83. The highest BCUT2D eigenvalue weighted by molar-refractivity contribution is 6.31. The zero-order valence-corrected chi connectivity index (χ0v) is 14.7. The van der Waals surface area contributed by atoms with Crippen LogP contribution in [0.2, 0.25) is 5.02 Å². The molecule has 1 N–H and O–H groups in total. The van der Waals surface area contributed by atoms with Gasteiger partial charge in [-0.3, -0.25) is 9.53 Å². The molecule has 3 atom stereocenters. The van der Waals surface area contributed by atoms with Gasteiger partial charge in [-0.1, -0.05) is 11.6 Å². The molecule has 1 amide bonds. The maximum absolute atomic E-state index is 12.5. The van der Waals surface area contributed by atoms with Crippen LogP contribution in [0.5, 0.6) is 0 Å². The van der Waals surface area contributed by atoms with E-state index in [1.54, 1.807) is 25.1 Å². The molecule has 140 valence electrons. The summed E-state index contributed by atoms with van der Waals surface area (Å²) in [7, 11) is 0. The molecule has 1 fully saturated rings. The van der Waals surface area contributed by atoms with Crippen LogP contribution in [0.4, 0.5) is 19.0 Å². The number of amides is 1. The van der Waals surface area contributed by atoms with Crippen LogP contribution in [-0.2, 0) is 9.53 Å². The molecule has 1 saturated heterocycles. The van der Waals surface area contributed by atoms with E-state index in [2.05, 4.69) is 20.0 Å². The summed E-state index contributed by atoms with van der Waals surface area (Å²) in [5, 5.41) is 4.20. The lowest BCUT2D eigenvalue weighted by Crippen LogP contribution is -2.64. The Morgan fingerprint density at radius 1 is 1.42 bits per heavy atom. The van der Waals surface area contributed by atoms with Crippen LogP contribution in [0.1, 0.15) is 13.8 Å². The molecule has 0 saturated carbocycles. The summed E-state index contributed by atoms with van der Waals surface area (Å²) in [5.74, 6) is 0.115. The number of carbonyl (C=O) groups excluding carboxylic acids is 1. The Kier molecular flexibility index (Phi) is 4.94. The largest absolute Gasteiger partial charge is 0.522 e. The molecule has 0 unspecified atom stereocenters. The second kappa shape index (κ2) is 6.88. The third-order valence-corrected chi connectivity index (χ3v) is 4.53. The van der Waals surface area contributed by atoms with Crippen molar-refractivity contribution in [1.82, 2.24) is 14.9 Å². The van der Waals surface area contributed by atoms with E-state index in [0.29, 0.717) is 21.7 Å². The first kappa shape index (κ1) is 18.7. The smallest absolute Gasteiger partial charge is 0.358 e. The Morgan fingerprint density at radius 2 is 2.15 bits per heavy atom. The van der Waals surface area contributed by atoms with Gasteiger partial charge in [0.15, 0.2) is 0 Å². The van der Waals surface area contributed by atoms with Crippen molar-refractivity contribution in [3.05, 3.63) is 29.5 Å². The standard InChI is InChI=1S/C16H16ClF3N4O2/c1-8(15(25)24-6-13(9(24)2)26-16(18,19)20)23-14-11-4-3-10(17)5-12(11)21-7-22-14/h3-5,7-9,13H,6H2,1-2H3,(H,21,22,23)/t8-,9+,13+/m1/s1. The first-order valence-electron chi connectivity index (χ1n) is 7.87. The van der Waals surface area contributed by atoms with Gasteiger partial charge in [0, 0.05) is 17.0 Å². The first-order valence-corrected chi connectivity index (χ1v) is 8.25. The fraction of sp³-hybridized carbons (Fsp3) is 0.438. The van der Waals surface area contributed by atoms with Gasteiger partial charge in [-0.15, -0.1) is 13.2 Å². The minimum Gasteiger partial charge on any atom is -0.358 e. The summed E-state index contributed by atoms with van der Waals surface area (Å²) in [5.41, 5.74) is 0.616. The molecule has 1 aromatic heterocycles. The Balaban J connectivity index is 1.68. The molecular weight excluding hydrogens is 373 g/mol. The molecule has 0 aliphatic carbocycles. The van der Waals surface area contributed by atoms with Crippen molar-refractivity contribution < 1.29 is 22.7 Å². The van der Waals surface area contributed by atoms with Crippen molar-refractivity contribution in [2.75, 3.05) is 11.9 Å². The van der Waals surface area contributed by atoms with Crippen molar-refractivity contribution in [3.63, 3.8) is 0 Å². The van der Waals surface area contributed by atoms with E-state index >= 15 is 0 Å². The number of rotatable bonds is 4. The average Bonchev–Trinajstić information content (AvgIpc) is 2.56. The number of ether oxygens (including phenoxy) is 1. The molecule has 0 radical (unpaired) electrons. The first-order chi connectivity index (χ1) is 12.2. The van der Waals surface area contributed by atoms with Gasteiger partial charge in [0.1, 0.15) is 24.3 Å². The zero-order valence-electron chi connectivity index (χ0n) is 13.9. The second-order valence-corrected chi connectivity index (χ2v) is 6.52. The highest BCUT2D eigenvalue weighted by Crippen LogP contribution is 2.29. The number of aromatic nitrogens is 2. The third kappa shape index (κ3) is 3.83. The molecule has 26 heavy (non-hydrogen) atoms. The number of halogens is 4. The summed E-state index contributed by atoms with van der Waals surface area (Å²) in [4.78, 5) is 22.1. The number of hydrogen-bond acceptors (Lipinski definition) is 5. The van der Waals surface area contributed by atoms with E-state index in [0.717, 1.165) is 0 Å². The molecule has 1 aliphatic heterocycles. The number of nitrogens with one attached hydrogen (secondary N) is 1. The third-order valence-electron chi connectivity index (χ3n) is 4.30. The number of likely N-dealkylation sites (tertiary alicyclic amines) is 1. The normalized spacial score (nSPS) is 21.4. The number of hydrogen-bond donors (Lipinski definition) is 1.